The van der Waals surface area contributed by atoms with Gasteiger partial charge in [0, 0.05) is 10.7 Å². The van der Waals surface area contributed by atoms with Gasteiger partial charge in [-0.3, -0.25) is 0 Å². The van der Waals surface area contributed by atoms with Gasteiger partial charge in [0.2, 0.25) is 0 Å². The summed E-state index contributed by atoms with van der Waals surface area (Å²) < 4.78 is 0. The summed E-state index contributed by atoms with van der Waals surface area (Å²) in [6, 6.07) is 12.6. The van der Waals surface area contributed by atoms with Crippen LogP contribution >= 0.6 is 8.58 Å². The standard InChI is InChI=1S/C24H35O2P/c1-7-10-17(4)19-11-9-12-21(23(19)26)24(6,8-2)27-22-14-13-16(3)15-20(22)18(5)25/h9,11-15,17-18,25-27H,7-8,10H2,1-6H3. The van der Waals surface area contributed by atoms with Crippen molar-refractivity contribution in [1.29, 1.82) is 0 Å². The van der Waals surface area contributed by atoms with Crippen LogP contribution in [-0.2, 0) is 5.16 Å². The van der Waals surface area contributed by atoms with Gasteiger partial charge in [0.25, 0.3) is 0 Å². The molecule has 0 saturated carbocycles. The van der Waals surface area contributed by atoms with Crippen molar-refractivity contribution in [2.24, 2.45) is 0 Å². The normalized spacial score (nSPS) is 16.4. The van der Waals surface area contributed by atoms with Gasteiger partial charge in [0.05, 0.1) is 6.10 Å². The van der Waals surface area contributed by atoms with Gasteiger partial charge >= 0.3 is 0 Å². The lowest BCUT2D eigenvalue weighted by Crippen LogP contribution is -2.21. The van der Waals surface area contributed by atoms with E-state index in [-0.39, 0.29) is 5.16 Å². The van der Waals surface area contributed by atoms with E-state index in [2.05, 4.69) is 71.0 Å². The molecule has 0 fully saturated rings. The first-order chi connectivity index (χ1) is 12.7. The Morgan fingerprint density at radius 3 is 2.37 bits per heavy atom. The number of hydrogen-bond acceptors (Lipinski definition) is 2. The van der Waals surface area contributed by atoms with Crippen LogP contribution in [0.5, 0.6) is 5.75 Å². The minimum absolute atomic E-state index is 0.162. The molecule has 0 aromatic heterocycles. The van der Waals surface area contributed by atoms with Crippen molar-refractivity contribution in [3.8, 4) is 5.75 Å². The second-order valence-electron chi connectivity index (χ2n) is 8.01. The van der Waals surface area contributed by atoms with Crippen LogP contribution in [0.15, 0.2) is 36.4 Å². The summed E-state index contributed by atoms with van der Waals surface area (Å²) in [5, 5.41) is 22.4. The molecule has 3 heteroatoms. The van der Waals surface area contributed by atoms with Crippen LogP contribution in [0.25, 0.3) is 0 Å². The monoisotopic (exact) mass is 386 g/mol. The number of aromatic hydroxyl groups is 1. The highest BCUT2D eigenvalue weighted by Crippen LogP contribution is 2.49. The van der Waals surface area contributed by atoms with E-state index in [1.807, 2.05) is 6.92 Å². The Bertz CT molecular complexity index is 769. The fraction of sp³-hybridized carbons (Fsp3) is 0.500. The number of para-hydroxylation sites is 1. The molecular formula is C24H35O2P. The van der Waals surface area contributed by atoms with Crippen LogP contribution in [0.1, 0.15) is 88.2 Å². The van der Waals surface area contributed by atoms with Crippen molar-refractivity contribution in [3.63, 3.8) is 0 Å². The molecule has 2 aromatic carbocycles. The summed E-state index contributed by atoms with van der Waals surface area (Å²) >= 11 is 0. The van der Waals surface area contributed by atoms with Gasteiger partial charge in [-0.15, -0.1) is 0 Å². The van der Waals surface area contributed by atoms with E-state index in [0.717, 1.165) is 41.5 Å². The van der Waals surface area contributed by atoms with Gasteiger partial charge < -0.3 is 10.2 Å². The van der Waals surface area contributed by atoms with E-state index in [1.54, 1.807) is 0 Å². The van der Waals surface area contributed by atoms with Crippen LogP contribution < -0.4 is 5.30 Å². The molecule has 2 nitrogen and oxygen atoms in total. The molecule has 0 saturated heterocycles. The maximum atomic E-state index is 11.1. The quantitative estimate of drug-likeness (QED) is 0.524. The number of phenolic OH excluding ortho intramolecular Hbond substituents is 1. The van der Waals surface area contributed by atoms with Crippen molar-refractivity contribution in [3.05, 3.63) is 58.7 Å². The number of aliphatic hydroxyl groups excluding tert-OH is 1. The van der Waals surface area contributed by atoms with Crippen molar-refractivity contribution < 1.29 is 10.2 Å². The number of rotatable bonds is 8. The van der Waals surface area contributed by atoms with Crippen LogP contribution in [0.2, 0.25) is 0 Å². The third-order valence-corrected chi connectivity index (χ3v) is 7.59. The molecule has 0 aliphatic carbocycles. The summed E-state index contributed by atoms with van der Waals surface area (Å²) in [6.45, 7) is 12.7. The molecule has 148 valence electrons. The predicted molar refractivity (Wildman–Crippen MR) is 119 cm³/mol. The van der Waals surface area contributed by atoms with Gasteiger partial charge in [0.1, 0.15) is 5.75 Å². The summed E-state index contributed by atoms with van der Waals surface area (Å²) in [5.41, 5.74) is 4.25. The average Bonchev–Trinajstić information content (AvgIpc) is 2.63. The minimum atomic E-state index is -0.488. The largest absolute Gasteiger partial charge is 0.507 e. The summed E-state index contributed by atoms with van der Waals surface area (Å²) in [4.78, 5) is 0. The van der Waals surface area contributed by atoms with Crippen LogP contribution in [0.3, 0.4) is 0 Å². The summed E-state index contributed by atoms with van der Waals surface area (Å²) in [5.74, 6) is 0.813. The fourth-order valence-corrected chi connectivity index (χ4v) is 5.48. The van der Waals surface area contributed by atoms with E-state index >= 15 is 0 Å². The lowest BCUT2D eigenvalue weighted by atomic mass is 9.89. The zero-order chi connectivity index (χ0) is 20.2. The van der Waals surface area contributed by atoms with E-state index in [0.29, 0.717) is 20.2 Å². The Labute approximate surface area is 166 Å². The van der Waals surface area contributed by atoms with Crippen LogP contribution in [0, 0.1) is 6.92 Å². The molecule has 0 aliphatic rings. The van der Waals surface area contributed by atoms with E-state index < -0.39 is 6.10 Å². The van der Waals surface area contributed by atoms with Crippen molar-refractivity contribution in [2.75, 3.05) is 0 Å². The Morgan fingerprint density at radius 2 is 1.78 bits per heavy atom. The molecule has 0 heterocycles. The Morgan fingerprint density at radius 1 is 1.07 bits per heavy atom. The highest BCUT2D eigenvalue weighted by Gasteiger charge is 2.30. The molecule has 2 rings (SSSR count). The first kappa shape index (κ1) is 21.9. The first-order valence-electron chi connectivity index (χ1n) is 10.1. The second-order valence-corrected chi connectivity index (χ2v) is 9.90. The SMILES string of the molecule is CCCC(C)c1cccc(C(C)(CC)Pc2ccc(C)cc2C(C)O)c1O. The number of phenols is 1. The highest BCUT2D eigenvalue weighted by atomic mass is 31.1. The molecule has 0 amide bonds. The van der Waals surface area contributed by atoms with Crippen molar-refractivity contribution >= 4 is 13.9 Å². The van der Waals surface area contributed by atoms with Crippen LogP contribution in [0.4, 0.5) is 0 Å². The van der Waals surface area contributed by atoms with Gasteiger partial charge in [-0.25, -0.2) is 0 Å². The fourth-order valence-electron chi connectivity index (χ4n) is 3.78. The maximum Gasteiger partial charge on any atom is 0.123 e. The van der Waals surface area contributed by atoms with E-state index in [1.165, 1.54) is 5.30 Å². The molecule has 0 radical (unpaired) electrons. The molecule has 2 aromatic rings. The minimum Gasteiger partial charge on any atom is -0.507 e. The third kappa shape index (κ3) is 4.92. The zero-order valence-electron chi connectivity index (χ0n) is 17.6. The number of aryl methyl sites for hydroxylation is 1. The maximum absolute atomic E-state index is 11.1. The molecule has 0 aliphatic heterocycles. The van der Waals surface area contributed by atoms with Crippen molar-refractivity contribution in [2.45, 2.75) is 78.0 Å². The molecule has 2 N–H and O–H groups in total. The van der Waals surface area contributed by atoms with E-state index in [4.69, 9.17) is 0 Å². The van der Waals surface area contributed by atoms with E-state index in [9.17, 15) is 10.2 Å². The number of benzene rings is 2. The average molecular weight is 387 g/mol. The summed E-state index contributed by atoms with van der Waals surface area (Å²) in [6.07, 6.45) is 2.63. The Kier molecular flexibility index (Phi) is 7.48. The van der Waals surface area contributed by atoms with Gasteiger partial charge in [-0.05, 0) is 49.0 Å². The van der Waals surface area contributed by atoms with Gasteiger partial charge in [0.15, 0.2) is 0 Å². The molecule has 4 unspecified atom stereocenters. The molecule has 27 heavy (non-hydrogen) atoms. The topological polar surface area (TPSA) is 40.5 Å². The second kappa shape index (κ2) is 9.22. The zero-order valence-corrected chi connectivity index (χ0v) is 18.6. The molecule has 0 spiro atoms. The summed E-state index contributed by atoms with van der Waals surface area (Å²) in [7, 11) is 0.481. The number of aliphatic hydroxyl groups is 1. The molecular weight excluding hydrogens is 351 g/mol. The third-order valence-electron chi connectivity index (χ3n) is 5.69. The molecule has 4 atom stereocenters. The van der Waals surface area contributed by atoms with Gasteiger partial charge in [-0.1, -0.05) is 84.7 Å². The lowest BCUT2D eigenvalue weighted by molar-refractivity contribution is 0.200. The Hall–Kier alpha value is -1.37. The highest BCUT2D eigenvalue weighted by molar-refractivity contribution is 7.48. The first-order valence-corrected chi connectivity index (χ1v) is 11.1. The number of hydrogen-bond donors (Lipinski definition) is 2. The molecule has 0 bridgehead atoms. The lowest BCUT2D eigenvalue weighted by Gasteiger charge is -2.32. The van der Waals surface area contributed by atoms with Gasteiger partial charge in [-0.2, -0.15) is 0 Å². The predicted octanol–water partition coefficient (Wildman–Crippen LogP) is 6.29. The Balaban J connectivity index is 2.48. The van der Waals surface area contributed by atoms with Crippen molar-refractivity contribution in [1.82, 2.24) is 0 Å². The smallest absolute Gasteiger partial charge is 0.123 e. The van der Waals surface area contributed by atoms with Crippen LogP contribution in [-0.4, -0.2) is 10.2 Å².